The maximum atomic E-state index is 12.1. The average molecular weight is 739 g/mol. The molecule has 1 saturated heterocycles. The summed E-state index contributed by atoms with van der Waals surface area (Å²) in [6, 6.07) is 35.0. The maximum absolute atomic E-state index is 12.1. The quantitative estimate of drug-likeness (QED) is 0.105. The van der Waals surface area contributed by atoms with Crippen molar-refractivity contribution in [2.75, 3.05) is 52.3 Å². The minimum absolute atomic E-state index is 0.256. The molecule has 0 spiro atoms. The Hall–Kier alpha value is -4.94. The SMILES string of the molecule is C[C@@H]1CN(CCOc2ccc(Oc3c(-c4ccc(S(C)(=O)=O)cc4)ccc4cc(OCc5ccccc5)ccc34)cc2)[C@@H](C)CN1CCOCC(=O)O. The smallest absolute Gasteiger partial charge is 0.329 e. The van der Waals surface area contributed by atoms with Crippen LogP contribution in [0.3, 0.4) is 0 Å². The maximum Gasteiger partial charge on any atom is 0.329 e. The Balaban J connectivity index is 1.13. The van der Waals surface area contributed by atoms with Crippen molar-refractivity contribution < 1.29 is 37.3 Å². The van der Waals surface area contributed by atoms with Crippen LogP contribution >= 0.6 is 0 Å². The molecular weight excluding hydrogens is 693 g/mol. The van der Waals surface area contributed by atoms with Gasteiger partial charge in [-0.2, -0.15) is 0 Å². The molecular formula is C42H46N2O8S. The van der Waals surface area contributed by atoms with Gasteiger partial charge in [-0.3, -0.25) is 9.80 Å². The molecule has 5 aromatic carbocycles. The van der Waals surface area contributed by atoms with Crippen molar-refractivity contribution in [1.29, 1.82) is 0 Å². The highest BCUT2D eigenvalue weighted by molar-refractivity contribution is 7.90. The van der Waals surface area contributed by atoms with Crippen molar-refractivity contribution in [1.82, 2.24) is 9.80 Å². The summed E-state index contributed by atoms with van der Waals surface area (Å²) in [5.74, 6) is 1.81. The van der Waals surface area contributed by atoms with Crippen LogP contribution < -0.4 is 14.2 Å². The van der Waals surface area contributed by atoms with E-state index in [1.165, 1.54) is 6.26 Å². The Morgan fingerprint density at radius 2 is 1.40 bits per heavy atom. The molecule has 5 aromatic rings. The molecule has 10 nitrogen and oxygen atoms in total. The van der Waals surface area contributed by atoms with E-state index in [9.17, 15) is 13.2 Å². The highest BCUT2D eigenvalue weighted by Gasteiger charge is 2.28. The summed E-state index contributed by atoms with van der Waals surface area (Å²) in [4.78, 5) is 15.7. The van der Waals surface area contributed by atoms with E-state index < -0.39 is 15.8 Å². The molecule has 2 atom stereocenters. The molecule has 1 aliphatic rings. The van der Waals surface area contributed by atoms with E-state index in [1.807, 2.05) is 84.9 Å². The van der Waals surface area contributed by atoms with Gasteiger partial charge in [-0.25, -0.2) is 13.2 Å². The first kappa shape index (κ1) is 37.8. The Morgan fingerprint density at radius 3 is 2.06 bits per heavy atom. The summed E-state index contributed by atoms with van der Waals surface area (Å²) in [6.45, 7) is 8.75. The minimum Gasteiger partial charge on any atom is -0.492 e. The molecule has 0 saturated carbocycles. The lowest BCUT2D eigenvalue weighted by molar-refractivity contribution is -0.142. The fourth-order valence-electron chi connectivity index (χ4n) is 6.57. The number of hydrogen-bond acceptors (Lipinski definition) is 9. The first-order valence-corrected chi connectivity index (χ1v) is 19.6. The number of ether oxygens (including phenoxy) is 4. The predicted octanol–water partition coefficient (Wildman–Crippen LogP) is 7.16. The van der Waals surface area contributed by atoms with Crippen LogP contribution in [-0.2, 0) is 26.0 Å². The number of carboxylic acid groups (broad SMARTS) is 1. The second-order valence-electron chi connectivity index (χ2n) is 13.5. The molecule has 11 heteroatoms. The lowest BCUT2D eigenvalue weighted by Crippen LogP contribution is -2.57. The lowest BCUT2D eigenvalue weighted by Gasteiger charge is -2.44. The number of carboxylic acids is 1. The van der Waals surface area contributed by atoms with E-state index in [1.54, 1.807) is 24.3 Å². The fraction of sp³-hybridized carbons (Fsp3) is 0.310. The van der Waals surface area contributed by atoms with Crippen molar-refractivity contribution in [3.8, 4) is 34.1 Å². The first-order chi connectivity index (χ1) is 25.5. The van der Waals surface area contributed by atoms with Crippen LogP contribution in [0.4, 0.5) is 0 Å². The van der Waals surface area contributed by atoms with E-state index in [0.717, 1.165) is 58.6 Å². The van der Waals surface area contributed by atoms with Crippen molar-refractivity contribution in [3.63, 3.8) is 0 Å². The summed E-state index contributed by atoms with van der Waals surface area (Å²) in [5, 5.41) is 10.6. The summed E-state index contributed by atoms with van der Waals surface area (Å²) in [6.07, 6.45) is 1.20. The standard InChI is InChI=1S/C42H46N2O8S/c1-30-27-44(31(2)26-43(30)21-23-49-29-41(45)46)22-24-50-35-12-14-36(15-13-35)52-42-39(33-9-17-38(18-10-33)53(3,47)48)19-11-34-25-37(16-20-40(34)42)51-28-32-7-5-4-6-8-32/h4-20,25,30-31H,21-24,26-29H2,1-3H3,(H,45,46)/t30-,31+/m1/s1. The first-order valence-electron chi connectivity index (χ1n) is 17.8. The number of rotatable bonds is 16. The van der Waals surface area contributed by atoms with Crippen molar-refractivity contribution in [2.24, 2.45) is 0 Å². The topological polar surface area (TPSA) is 115 Å². The number of hydrogen-bond donors (Lipinski definition) is 1. The third kappa shape index (κ3) is 10.1. The van der Waals surface area contributed by atoms with Gasteiger partial charge in [0.25, 0.3) is 0 Å². The molecule has 1 aliphatic heterocycles. The molecule has 1 fully saturated rings. The third-order valence-corrected chi connectivity index (χ3v) is 10.6. The zero-order chi connectivity index (χ0) is 37.4. The zero-order valence-corrected chi connectivity index (χ0v) is 31.1. The number of fused-ring (bicyclic) bond motifs is 1. The van der Waals surface area contributed by atoms with E-state index in [-0.39, 0.29) is 11.5 Å². The van der Waals surface area contributed by atoms with Crippen LogP contribution in [-0.4, -0.2) is 93.6 Å². The molecule has 0 amide bonds. The molecule has 53 heavy (non-hydrogen) atoms. The molecule has 0 aromatic heterocycles. The van der Waals surface area contributed by atoms with E-state index in [2.05, 4.69) is 23.6 Å². The second-order valence-corrected chi connectivity index (χ2v) is 15.5. The number of sulfone groups is 1. The average Bonchev–Trinajstić information content (AvgIpc) is 3.15. The fourth-order valence-corrected chi connectivity index (χ4v) is 7.20. The van der Waals surface area contributed by atoms with Crippen molar-refractivity contribution in [2.45, 2.75) is 37.4 Å². The largest absolute Gasteiger partial charge is 0.492 e. The zero-order valence-electron chi connectivity index (χ0n) is 30.3. The van der Waals surface area contributed by atoms with E-state index in [4.69, 9.17) is 24.1 Å². The molecule has 6 rings (SSSR count). The van der Waals surface area contributed by atoms with Gasteiger partial charge in [0, 0.05) is 55.5 Å². The molecule has 0 aliphatic carbocycles. The number of benzene rings is 5. The molecule has 1 heterocycles. The highest BCUT2D eigenvalue weighted by Crippen LogP contribution is 2.41. The van der Waals surface area contributed by atoms with Crippen LogP contribution in [0, 0.1) is 0 Å². The van der Waals surface area contributed by atoms with Gasteiger partial charge in [0.2, 0.25) is 0 Å². The van der Waals surface area contributed by atoms with Gasteiger partial charge in [-0.1, -0.05) is 48.5 Å². The van der Waals surface area contributed by atoms with Gasteiger partial charge in [-0.15, -0.1) is 0 Å². The van der Waals surface area contributed by atoms with Crippen molar-refractivity contribution >= 4 is 26.6 Å². The molecule has 278 valence electrons. The molecule has 0 unspecified atom stereocenters. The second kappa shape index (κ2) is 17.3. The molecule has 0 radical (unpaired) electrons. The van der Waals surface area contributed by atoms with Crippen LogP contribution in [0.25, 0.3) is 21.9 Å². The molecule has 0 bridgehead atoms. The minimum atomic E-state index is -3.34. The normalized spacial score (nSPS) is 16.7. The van der Waals surface area contributed by atoms with Gasteiger partial charge in [-0.05, 0) is 91.0 Å². The summed E-state index contributed by atoms with van der Waals surface area (Å²) in [5.41, 5.74) is 2.74. The van der Waals surface area contributed by atoms with Gasteiger partial charge < -0.3 is 24.1 Å². The summed E-state index contributed by atoms with van der Waals surface area (Å²) < 4.78 is 48.4. The Kier molecular flexibility index (Phi) is 12.3. The monoisotopic (exact) mass is 738 g/mol. The third-order valence-electron chi connectivity index (χ3n) is 9.47. The van der Waals surface area contributed by atoms with Crippen LogP contribution in [0.5, 0.6) is 23.0 Å². The van der Waals surface area contributed by atoms with E-state index >= 15 is 0 Å². The van der Waals surface area contributed by atoms with E-state index in [0.29, 0.717) is 49.9 Å². The van der Waals surface area contributed by atoms with Crippen LogP contribution in [0.15, 0.2) is 114 Å². The van der Waals surface area contributed by atoms with Crippen LogP contribution in [0.1, 0.15) is 19.4 Å². The Bertz CT molecular complexity index is 2090. The highest BCUT2D eigenvalue weighted by atomic mass is 32.2. The Morgan fingerprint density at radius 1 is 0.755 bits per heavy atom. The number of piperazine rings is 1. The van der Waals surface area contributed by atoms with Gasteiger partial charge >= 0.3 is 5.97 Å². The predicted molar refractivity (Wildman–Crippen MR) is 206 cm³/mol. The summed E-state index contributed by atoms with van der Waals surface area (Å²) >= 11 is 0. The van der Waals surface area contributed by atoms with Gasteiger partial charge in [0.1, 0.15) is 42.8 Å². The number of carbonyl (C=O) groups is 1. The van der Waals surface area contributed by atoms with Crippen LogP contribution in [0.2, 0.25) is 0 Å². The van der Waals surface area contributed by atoms with Gasteiger partial charge in [0.15, 0.2) is 9.84 Å². The number of aliphatic carboxylic acids is 1. The molecule has 1 N–H and O–H groups in total. The van der Waals surface area contributed by atoms with Crippen molar-refractivity contribution in [3.05, 3.63) is 115 Å². The summed E-state index contributed by atoms with van der Waals surface area (Å²) in [7, 11) is -3.34. The lowest BCUT2D eigenvalue weighted by atomic mass is 9.99. The van der Waals surface area contributed by atoms with Gasteiger partial charge in [0.05, 0.1) is 11.5 Å². The number of nitrogens with zero attached hydrogens (tertiary/aromatic N) is 2. The Labute approximate surface area is 311 Å².